The first-order valence-corrected chi connectivity index (χ1v) is 12.5. The van der Waals surface area contributed by atoms with E-state index in [0.29, 0.717) is 49.9 Å². The SMILES string of the molecule is COc1cn2nccc2cc1NC(=O)N1CCc2c(N3CCN(C(=O)OC(C)(C)C)[C@@H](C)C3)ccnc21. The highest BCUT2D eigenvalue weighted by molar-refractivity contribution is 6.04. The quantitative estimate of drug-likeness (QED) is 0.575. The van der Waals surface area contributed by atoms with E-state index < -0.39 is 5.60 Å². The number of ether oxygens (including phenoxy) is 2. The van der Waals surface area contributed by atoms with Crippen LogP contribution < -0.4 is 19.9 Å². The molecule has 0 aromatic carbocycles. The van der Waals surface area contributed by atoms with Crippen molar-refractivity contribution in [3.63, 3.8) is 0 Å². The lowest BCUT2D eigenvalue weighted by Crippen LogP contribution is -2.55. The summed E-state index contributed by atoms with van der Waals surface area (Å²) in [5, 5.41) is 7.19. The molecule has 1 atom stereocenters. The van der Waals surface area contributed by atoms with Gasteiger partial charge in [-0.15, -0.1) is 0 Å². The lowest BCUT2D eigenvalue weighted by molar-refractivity contribution is 0.0159. The largest absolute Gasteiger partial charge is 0.493 e. The van der Waals surface area contributed by atoms with Crippen LogP contribution in [0.4, 0.5) is 26.8 Å². The Bertz CT molecular complexity index is 1330. The number of methoxy groups -OCH3 is 1. The van der Waals surface area contributed by atoms with E-state index in [0.717, 1.165) is 16.8 Å². The summed E-state index contributed by atoms with van der Waals surface area (Å²) < 4.78 is 12.7. The van der Waals surface area contributed by atoms with Gasteiger partial charge in [0.25, 0.3) is 0 Å². The van der Waals surface area contributed by atoms with Gasteiger partial charge in [-0.25, -0.2) is 19.1 Å². The number of nitrogens with zero attached hydrogens (tertiary/aromatic N) is 6. The molecule has 0 radical (unpaired) electrons. The van der Waals surface area contributed by atoms with Crippen LogP contribution >= 0.6 is 0 Å². The van der Waals surface area contributed by atoms with Crippen molar-refractivity contribution in [3.05, 3.63) is 42.4 Å². The number of fused-ring (bicyclic) bond motifs is 2. The van der Waals surface area contributed by atoms with Crippen LogP contribution in [-0.4, -0.2) is 76.6 Å². The summed E-state index contributed by atoms with van der Waals surface area (Å²) in [6.45, 7) is 10.1. The Balaban J connectivity index is 1.32. The van der Waals surface area contributed by atoms with E-state index in [-0.39, 0.29) is 18.2 Å². The van der Waals surface area contributed by atoms with Gasteiger partial charge in [-0.1, -0.05) is 0 Å². The van der Waals surface area contributed by atoms with Crippen LogP contribution in [0.5, 0.6) is 5.75 Å². The molecule has 5 rings (SSSR count). The minimum atomic E-state index is -0.529. The summed E-state index contributed by atoms with van der Waals surface area (Å²) >= 11 is 0. The third kappa shape index (κ3) is 4.85. The van der Waals surface area contributed by atoms with Gasteiger partial charge in [-0.2, -0.15) is 5.10 Å². The average molecular weight is 508 g/mol. The molecular weight excluding hydrogens is 474 g/mol. The van der Waals surface area contributed by atoms with Crippen molar-refractivity contribution < 1.29 is 19.1 Å². The fourth-order valence-electron chi connectivity index (χ4n) is 4.93. The predicted octanol–water partition coefficient (Wildman–Crippen LogP) is 3.78. The van der Waals surface area contributed by atoms with Gasteiger partial charge in [0.15, 0.2) is 5.75 Å². The molecule has 3 aromatic heterocycles. The Morgan fingerprint density at radius 1 is 1.14 bits per heavy atom. The van der Waals surface area contributed by atoms with Crippen molar-refractivity contribution in [2.45, 2.75) is 45.8 Å². The molecular formula is C26H33N7O4. The maximum Gasteiger partial charge on any atom is 0.410 e. The Kier molecular flexibility index (Phi) is 6.30. The van der Waals surface area contributed by atoms with E-state index in [1.807, 2.05) is 45.9 Å². The molecule has 1 N–H and O–H groups in total. The number of nitrogens with one attached hydrogen (secondary N) is 1. The highest BCUT2D eigenvalue weighted by Gasteiger charge is 2.34. The van der Waals surface area contributed by atoms with Crippen molar-refractivity contribution >= 4 is 34.8 Å². The molecule has 2 aliphatic rings. The Hall–Kier alpha value is -4.02. The second-order valence-electron chi connectivity index (χ2n) is 10.4. The summed E-state index contributed by atoms with van der Waals surface area (Å²) in [6.07, 6.45) is 5.58. The van der Waals surface area contributed by atoms with Gasteiger partial charge in [0, 0.05) is 55.9 Å². The zero-order chi connectivity index (χ0) is 26.3. The first-order valence-electron chi connectivity index (χ1n) is 12.5. The number of amides is 3. The average Bonchev–Trinajstić information content (AvgIpc) is 3.48. The molecule has 196 valence electrons. The fraction of sp³-hybridized carbons (Fsp3) is 0.462. The summed E-state index contributed by atoms with van der Waals surface area (Å²) in [5.41, 5.74) is 2.97. The van der Waals surface area contributed by atoms with Crippen molar-refractivity contribution in [3.8, 4) is 5.75 Å². The fourth-order valence-corrected chi connectivity index (χ4v) is 4.93. The maximum atomic E-state index is 13.3. The molecule has 5 heterocycles. The van der Waals surface area contributed by atoms with Crippen LogP contribution in [0.3, 0.4) is 0 Å². The number of rotatable bonds is 3. The number of piperazine rings is 1. The molecule has 1 fully saturated rings. The molecule has 11 heteroatoms. The van der Waals surface area contributed by atoms with Gasteiger partial charge in [0.05, 0.1) is 24.5 Å². The molecule has 3 aromatic rings. The summed E-state index contributed by atoms with van der Waals surface area (Å²) in [6, 6.07) is 5.40. The molecule has 0 spiro atoms. The molecule has 0 aliphatic carbocycles. The van der Waals surface area contributed by atoms with Crippen molar-refractivity contribution in [1.82, 2.24) is 19.5 Å². The zero-order valence-electron chi connectivity index (χ0n) is 21.9. The van der Waals surface area contributed by atoms with Gasteiger partial charge in [0.2, 0.25) is 0 Å². The van der Waals surface area contributed by atoms with E-state index in [1.165, 1.54) is 0 Å². The van der Waals surface area contributed by atoms with Crippen molar-refractivity contribution in [2.75, 3.05) is 48.4 Å². The molecule has 2 aliphatic heterocycles. The molecule has 0 saturated carbocycles. The minimum absolute atomic E-state index is 0.0147. The summed E-state index contributed by atoms with van der Waals surface area (Å²) in [4.78, 5) is 36.2. The standard InChI is InChI=1S/C26H33N7O4/c1-17-15-30(12-13-31(17)25(35)37-26(2,3)4)21-7-9-27-23-19(21)8-11-32(23)24(34)29-20-14-18-6-10-28-33(18)16-22(20)36-5/h6-7,9-10,14,16-17H,8,11-13,15H2,1-5H3,(H,29,34)/t17-/m0/s1. The third-order valence-electron chi connectivity index (χ3n) is 6.65. The van der Waals surface area contributed by atoms with Crippen LogP contribution in [0.25, 0.3) is 5.52 Å². The highest BCUT2D eigenvalue weighted by Crippen LogP contribution is 2.36. The number of aromatic nitrogens is 3. The summed E-state index contributed by atoms with van der Waals surface area (Å²) in [7, 11) is 1.56. The van der Waals surface area contributed by atoms with E-state index in [2.05, 4.69) is 20.3 Å². The number of pyridine rings is 2. The van der Waals surface area contributed by atoms with Crippen LogP contribution in [0, 0.1) is 0 Å². The normalized spacial score (nSPS) is 17.6. The highest BCUT2D eigenvalue weighted by atomic mass is 16.6. The number of carbonyl (C=O) groups excluding carboxylic acids is 2. The Morgan fingerprint density at radius 2 is 1.95 bits per heavy atom. The molecule has 1 saturated heterocycles. The van der Waals surface area contributed by atoms with Gasteiger partial charge in [0.1, 0.15) is 11.4 Å². The molecule has 37 heavy (non-hydrogen) atoms. The van der Waals surface area contributed by atoms with E-state index >= 15 is 0 Å². The number of carbonyl (C=O) groups is 2. The second kappa shape index (κ2) is 9.45. The zero-order valence-corrected chi connectivity index (χ0v) is 21.9. The Morgan fingerprint density at radius 3 is 2.68 bits per heavy atom. The van der Waals surface area contributed by atoms with E-state index in [9.17, 15) is 9.59 Å². The number of hydrogen-bond donors (Lipinski definition) is 1. The third-order valence-corrected chi connectivity index (χ3v) is 6.65. The van der Waals surface area contributed by atoms with Crippen LogP contribution in [0.1, 0.15) is 33.3 Å². The lowest BCUT2D eigenvalue weighted by atomic mass is 10.1. The number of hydrogen-bond acceptors (Lipinski definition) is 7. The van der Waals surface area contributed by atoms with Gasteiger partial charge < -0.3 is 24.6 Å². The molecule has 0 unspecified atom stereocenters. The minimum Gasteiger partial charge on any atom is -0.493 e. The number of urea groups is 1. The van der Waals surface area contributed by atoms with E-state index in [4.69, 9.17) is 9.47 Å². The van der Waals surface area contributed by atoms with Gasteiger partial charge >= 0.3 is 12.1 Å². The van der Waals surface area contributed by atoms with Crippen LogP contribution in [0.15, 0.2) is 36.8 Å². The van der Waals surface area contributed by atoms with Crippen molar-refractivity contribution in [2.24, 2.45) is 0 Å². The maximum absolute atomic E-state index is 13.3. The monoisotopic (exact) mass is 507 g/mol. The van der Waals surface area contributed by atoms with Gasteiger partial charge in [-0.05, 0) is 52.3 Å². The van der Waals surface area contributed by atoms with Crippen LogP contribution in [-0.2, 0) is 11.2 Å². The van der Waals surface area contributed by atoms with Crippen molar-refractivity contribution in [1.29, 1.82) is 0 Å². The lowest BCUT2D eigenvalue weighted by Gasteiger charge is -2.41. The van der Waals surface area contributed by atoms with Gasteiger partial charge in [-0.3, -0.25) is 4.90 Å². The molecule has 11 nitrogen and oxygen atoms in total. The molecule has 3 amide bonds. The Labute approximate surface area is 215 Å². The first kappa shape index (κ1) is 24.7. The predicted molar refractivity (Wildman–Crippen MR) is 141 cm³/mol. The van der Waals surface area contributed by atoms with E-state index in [1.54, 1.807) is 40.0 Å². The first-order chi connectivity index (χ1) is 17.6. The summed E-state index contributed by atoms with van der Waals surface area (Å²) in [5.74, 6) is 1.17. The topological polar surface area (TPSA) is 105 Å². The molecule has 0 bridgehead atoms. The van der Waals surface area contributed by atoms with Crippen LogP contribution in [0.2, 0.25) is 0 Å². The number of anilines is 3. The smallest absolute Gasteiger partial charge is 0.410 e. The second-order valence-corrected chi connectivity index (χ2v) is 10.4.